The third-order valence-corrected chi connectivity index (χ3v) is 3.35. The molecule has 1 fully saturated rings. The van der Waals surface area contributed by atoms with Crippen LogP contribution in [-0.2, 0) is 4.79 Å². The molecule has 1 aliphatic heterocycles. The van der Waals surface area contributed by atoms with Crippen LogP contribution in [0.15, 0.2) is 18.2 Å². The zero-order chi connectivity index (χ0) is 14.7. The van der Waals surface area contributed by atoms with Crippen molar-refractivity contribution in [2.24, 2.45) is 5.84 Å². The Kier molecular flexibility index (Phi) is 4.19. The first kappa shape index (κ1) is 14.3. The number of carbonyl (C=O) groups excluding carboxylic acids is 2. The van der Waals surface area contributed by atoms with E-state index in [0.29, 0.717) is 19.5 Å². The number of nitrogens with zero attached hydrogens (tertiary/aromatic N) is 2. The summed E-state index contributed by atoms with van der Waals surface area (Å²) in [6.07, 6.45) is 0.689. The minimum Gasteiger partial charge on any atom is -0.344 e. The second kappa shape index (κ2) is 5.87. The van der Waals surface area contributed by atoms with E-state index in [2.05, 4.69) is 5.43 Å². The average molecular weight is 280 g/mol. The molecular weight excluding hydrogens is 263 g/mol. The summed E-state index contributed by atoms with van der Waals surface area (Å²) in [6.45, 7) is 1.05. The summed E-state index contributed by atoms with van der Waals surface area (Å²) in [5, 5.41) is 0. The number of hydrogen-bond acceptors (Lipinski definition) is 4. The highest BCUT2D eigenvalue weighted by molar-refractivity contribution is 6.01. The zero-order valence-electron chi connectivity index (χ0n) is 11.2. The molecule has 0 aromatic heterocycles. The summed E-state index contributed by atoms with van der Waals surface area (Å²) in [7, 11) is 1.70. The molecule has 0 bridgehead atoms. The van der Waals surface area contributed by atoms with Crippen molar-refractivity contribution in [1.82, 2.24) is 9.80 Å². The SMILES string of the molecule is CN1CCCN(C(=O)c2cccc(F)c2NN)CC1=O. The molecule has 0 radical (unpaired) electrons. The van der Waals surface area contributed by atoms with Crippen molar-refractivity contribution in [1.29, 1.82) is 0 Å². The van der Waals surface area contributed by atoms with Crippen LogP contribution in [0.4, 0.5) is 10.1 Å². The van der Waals surface area contributed by atoms with E-state index >= 15 is 0 Å². The van der Waals surface area contributed by atoms with Crippen molar-refractivity contribution >= 4 is 17.5 Å². The quantitative estimate of drug-likeness (QED) is 0.608. The predicted octanol–water partition coefficient (Wildman–Crippen LogP) is 0.416. The molecule has 0 aliphatic carbocycles. The van der Waals surface area contributed by atoms with Gasteiger partial charge in [0.05, 0.1) is 11.3 Å². The summed E-state index contributed by atoms with van der Waals surface area (Å²) >= 11 is 0. The van der Waals surface area contributed by atoms with Gasteiger partial charge in [0.25, 0.3) is 5.91 Å². The number of nitrogens with two attached hydrogens (primary N) is 1. The van der Waals surface area contributed by atoms with E-state index < -0.39 is 11.7 Å². The molecule has 1 aromatic carbocycles. The normalized spacial score (nSPS) is 16.1. The second-order valence-corrected chi connectivity index (χ2v) is 4.70. The summed E-state index contributed by atoms with van der Waals surface area (Å²) in [4.78, 5) is 27.2. The summed E-state index contributed by atoms with van der Waals surface area (Å²) < 4.78 is 13.6. The molecule has 1 aliphatic rings. The van der Waals surface area contributed by atoms with Crippen LogP contribution in [0, 0.1) is 5.82 Å². The van der Waals surface area contributed by atoms with E-state index in [1.807, 2.05) is 0 Å². The molecule has 0 spiro atoms. The highest BCUT2D eigenvalue weighted by atomic mass is 19.1. The smallest absolute Gasteiger partial charge is 0.256 e. The largest absolute Gasteiger partial charge is 0.344 e. The summed E-state index contributed by atoms with van der Waals surface area (Å²) in [6, 6.07) is 4.14. The Morgan fingerprint density at radius 2 is 2.15 bits per heavy atom. The highest BCUT2D eigenvalue weighted by Crippen LogP contribution is 2.21. The molecule has 108 valence electrons. The zero-order valence-corrected chi connectivity index (χ0v) is 11.2. The fourth-order valence-electron chi connectivity index (χ4n) is 2.18. The third kappa shape index (κ3) is 2.72. The number of hydrazine groups is 1. The molecule has 2 rings (SSSR count). The van der Waals surface area contributed by atoms with Gasteiger partial charge >= 0.3 is 0 Å². The van der Waals surface area contributed by atoms with E-state index in [-0.39, 0.29) is 23.7 Å². The van der Waals surface area contributed by atoms with Crippen molar-refractivity contribution in [3.63, 3.8) is 0 Å². The fourth-order valence-corrected chi connectivity index (χ4v) is 2.18. The highest BCUT2D eigenvalue weighted by Gasteiger charge is 2.25. The second-order valence-electron chi connectivity index (χ2n) is 4.70. The van der Waals surface area contributed by atoms with E-state index in [1.165, 1.54) is 23.1 Å². The monoisotopic (exact) mass is 280 g/mol. The molecule has 3 N–H and O–H groups in total. The number of anilines is 1. The standard InChI is InChI=1S/C13H17FN4O2/c1-17-6-3-7-18(8-11(17)19)13(20)9-4-2-5-10(14)12(9)16-15/h2,4-5,16H,3,6-8,15H2,1H3. The van der Waals surface area contributed by atoms with Crippen molar-refractivity contribution in [2.75, 3.05) is 32.1 Å². The first-order chi connectivity index (χ1) is 9.54. The number of halogens is 1. The van der Waals surface area contributed by atoms with E-state index in [4.69, 9.17) is 5.84 Å². The van der Waals surface area contributed by atoms with Gasteiger partial charge in [0.15, 0.2) is 0 Å². The van der Waals surface area contributed by atoms with Gasteiger partial charge in [-0.2, -0.15) is 0 Å². The maximum atomic E-state index is 13.6. The van der Waals surface area contributed by atoms with Gasteiger partial charge in [0.2, 0.25) is 5.91 Å². The number of nitrogens with one attached hydrogen (secondary N) is 1. The lowest BCUT2D eigenvalue weighted by atomic mass is 10.1. The number of carbonyl (C=O) groups is 2. The Hall–Kier alpha value is -2.15. The van der Waals surface area contributed by atoms with Gasteiger partial charge in [0, 0.05) is 20.1 Å². The van der Waals surface area contributed by atoms with Gasteiger partial charge in [-0.3, -0.25) is 15.4 Å². The van der Waals surface area contributed by atoms with Crippen molar-refractivity contribution in [2.45, 2.75) is 6.42 Å². The van der Waals surface area contributed by atoms with Gasteiger partial charge in [-0.25, -0.2) is 4.39 Å². The lowest BCUT2D eigenvalue weighted by molar-refractivity contribution is -0.129. The Bertz CT molecular complexity index is 535. The minimum atomic E-state index is -0.600. The summed E-state index contributed by atoms with van der Waals surface area (Å²) in [5.74, 6) is 4.13. The van der Waals surface area contributed by atoms with Crippen LogP contribution in [0.2, 0.25) is 0 Å². The fraction of sp³-hybridized carbons (Fsp3) is 0.385. The first-order valence-corrected chi connectivity index (χ1v) is 6.33. The van der Waals surface area contributed by atoms with Crippen molar-refractivity contribution < 1.29 is 14.0 Å². The number of amides is 2. The molecule has 1 aromatic rings. The predicted molar refractivity (Wildman–Crippen MR) is 72.4 cm³/mol. The lowest BCUT2D eigenvalue weighted by Crippen LogP contribution is -2.38. The van der Waals surface area contributed by atoms with Gasteiger partial charge in [-0.05, 0) is 18.6 Å². The van der Waals surface area contributed by atoms with Crippen molar-refractivity contribution in [3.8, 4) is 0 Å². The molecule has 0 saturated carbocycles. The molecule has 6 nitrogen and oxygen atoms in total. The Balaban J connectivity index is 2.27. The van der Waals surface area contributed by atoms with Crippen LogP contribution in [0.5, 0.6) is 0 Å². The minimum absolute atomic E-state index is 0.00411. The molecule has 0 atom stereocenters. The molecular formula is C13H17FN4O2. The van der Waals surface area contributed by atoms with Gasteiger partial charge in [-0.1, -0.05) is 6.07 Å². The lowest BCUT2D eigenvalue weighted by Gasteiger charge is -2.21. The van der Waals surface area contributed by atoms with Crippen LogP contribution < -0.4 is 11.3 Å². The number of benzene rings is 1. The third-order valence-electron chi connectivity index (χ3n) is 3.35. The van der Waals surface area contributed by atoms with Crippen molar-refractivity contribution in [3.05, 3.63) is 29.6 Å². The Morgan fingerprint density at radius 3 is 2.85 bits per heavy atom. The number of hydrogen-bond donors (Lipinski definition) is 2. The molecule has 2 amide bonds. The van der Waals surface area contributed by atoms with E-state index in [0.717, 1.165) is 0 Å². The Labute approximate surface area is 116 Å². The molecule has 20 heavy (non-hydrogen) atoms. The van der Waals surface area contributed by atoms with Crippen LogP contribution in [0.25, 0.3) is 0 Å². The first-order valence-electron chi connectivity index (χ1n) is 6.33. The molecule has 1 saturated heterocycles. The van der Waals surface area contributed by atoms with Gasteiger partial charge < -0.3 is 15.2 Å². The van der Waals surface area contributed by atoms with E-state index in [1.54, 1.807) is 11.9 Å². The van der Waals surface area contributed by atoms with E-state index in [9.17, 15) is 14.0 Å². The molecule has 1 heterocycles. The van der Waals surface area contributed by atoms with Crippen LogP contribution in [-0.4, -0.2) is 48.3 Å². The number of likely N-dealkylation sites (N-methyl/N-ethyl adjacent to an activating group) is 1. The maximum absolute atomic E-state index is 13.6. The number of rotatable bonds is 2. The average Bonchev–Trinajstić information content (AvgIpc) is 2.60. The Morgan fingerprint density at radius 1 is 1.40 bits per heavy atom. The molecule has 7 heteroatoms. The van der Waals surface area contributed by atoms with Gasteiger partial charge in [0.1, 0.15) is 12.4 Å². The van der Waals surface area contributed by atoms with Crippen LogP contribution in [0.3, 0.4) is 0 Å². The number of para-hydroxylation sites is 1. The van der Waals surface area contributed by atoms with Gasteiger partial charge in [-0.15, -0.1) is 0 Å². The number of nitrogen functional groups attached to an aromatic ring is 1. The van der Waals surface area contributed by atoms with Crippen LogP contribution >= 0.6 is 0 Å². The maximum Gasteiger partial charge on any atom is 0.256 e. The van der Waals surface area contributed by atoms with Crippen LogP contribution in [0.1, 0.15) is 16.8 Å². The topological polar surface area (TPSA) is 78.7 Å². The molecule has 0 unspecified atom stereocenters. The summed E-state index contributed by atoms with van der Waals surface area (Å²) in [5.41, 5.74) is 2.28.